The number of carboxylic acid groups (broad SMARTS) is 1. The molecule has 8 heteroatoms. The first kappa shape index (κ1) is 26.9. The van der Waals surface area contributed by atoms with E-state index in [1.807, 2.05) is 20.8 Å². The molecule has 1 aliphatic carbocycles. The van der Waals surface area contributed by atoms with E-state index < -0.39 is 5.97 Å². The van der Waals surface area contributed by atoms with E-state index in [4.69, 9.17) is 0 Å². The molecule has 0 aromatic carbocycles. The number of carboxylic acids is 1. The predicted molar refractivity (Wildman–Crippen MR) is 145 cm³/mol. The van der Waals surface area contributed by atoms with Gasteiger partial charge >= 0.3 is 5.97 Å². The Labute approximate surface area is 222 Å². The summed E-state index contributed by atoms with van der Waals surface area (Å²) in [6.07, 6.45) is 7.31. The Balaban J connectivity index is 1.69. The Morgan fingerprint density at radius 3 is 2.51 bits per heavy atom. The van der Waals surface area contributed by atoms with Gasteiger partial charge < -0.3 is 14.9 Å². The first-order valence-electron chi connectivity index (χ1n) is 13.0. The lowest BCUT2D eigenvalue weighted by Gasteiger charge is -2.34. The van der Waals surface area contributed by atoms with Crippen LogP contribution in [0.5, 0.6) is 0 Å². The second kappa shape index (κ2) is 11.1. The Hall–Kier alpha value is -3.18. The van der Waals surface area contributed by atoms with Crippen LogP contribution in [0.1, 0.15) is 84.7 Å². The first-order chi connectivity index (χ1) is 17.5. The minimum absolute atomic E-state index is 0.0387. The molecule has 2 fully saturated rings. The van der Waals surface area contributed by atoms with Crippen molar-refractivity contribution in [1.29, 1.82) is 0 Å². The van der Waals surface area contributed by atoms with E-state index in [-0.39, 0.29) is 34.1 Å². The molecule has 0 radical (unpaired) electrons. The lowest BCUT2D eigenvalue weighted by atomic mass is 9.82. The van der Waals surface area contributed by atoms with Crippen molar-refractivity contribution in [3.8, 4) is 11.8 Å². The number of pyridine rings is 1. The zero-order valence-corrected chi connectivity index (χ0v) is 22.8. The van der Waals surface area contributed by atoms with Crippen molar-refractivity contribution < 1.29 is 19.5 Å². The zero-order valence-electron chi connectivity index (χ0n) is 22.0. The topological polar surface area (TPSA) is 90.8 Å². The number of nitrogens with zero attached hydrogens (tertiary/aromatic N) is 3. The molecule has 1 aliphatic heterocycles. The highest BCUT2D eigenvalue weighted by atomic mass is 32.1. The minimum Gasteiger partial charge on any atom is -0.477 e. The Morgan fingerprint density at radius 2 is 1.89 bits per heavy atom. The molecule has 0 spiro atoms. The molecule has 196 valence electrons. The second-order valence-electron chi connectivity index (χ2n) is 11.2. The Kier molecular flexibility index (Phi) is 8.03. The van der Waals surface area contributed by atoms with Crippen molar-refractivity contribution in [2.45, 2.75) is 65.8 Å². The fourth-order valence-electron chi connectivity index (χ4n) is 5.03. The number of rotatable bonds is 5. The molecule has 3 heterocycles. The minimum atomic E-state index is -1.07. The number of likely N-dealkylation sites (tertiary alicyclic amines) is 1. The number of hydrogen-bond donors (Lipinski definition) is 1. The Morgan fingerprint density at radius 1 is 1.16 bits per heavy atom. The van der Waals surface area contributed by atoms with Crippen molar-refractivity contribution in [3.63, 3.8) is 0 Å². The van der Waals surface area contributed by atoms with Crippen LogP contribution in [-0.4, -0.2) is 51.9 Å². The number of carbonyl (C=O) groups is 3. The van der Waals surface area contributed by atoms with Gasteiger partial charge in [0.25, 0.3) is 5.91 Å². The molecule has 2 aromatic rings. The molecular weight excluding hydrogens is 486 g/mol. The van der Waals surface area contributed by atoms with E-state index in [0.717, 1.165) is 37.0 Å². The van der Waals surface area contributed by atoms with E-state index >= 15 is 0 Å². The summed E-state index contributed by atoms with van der Waals surface area (Å²) >= 11 is 1.11. The van der Waals surface area contributed by atoms with Gasteiger partial charge in [0.2, 0.25) is 5.91 Å². The lowest BCUT2D eigenvalue weighted by molar-refractivity contribution is -0.124. The molecule has 2 amide bonds. The number of amides is 2. The second-order valence-corrected chi connectivity index (χ2v) is 12.3. The van der Waals surface area contributed by atoms with E-state index in [9.17, 15) is 19.5 Å². The maximum absolute atomic E-state index is 14.0. The standard InChI is InChI=1S/C29H35N3O4S/c1-19-7-9-20(10-8-19)27(34)32(22-12-15-31(18-22)26(33)21-6-5-14-30-17-21)24-16-23(11-13-29(2,3)4)37-25(24)28(35)36/h5-6,14,16-17,19-20,22H,7-10,12,15,18H2,1-4H3,(H,35,36). The summed E-state index contributed by atoms with van der Waals surface area (Å²) in [6, 6.07) is 4.91. The smallest absolute Gasteiger partial charge is 0.348 e. The molecule has 4 rings (SSSR count). The number of carbonyl (C=O) groups excluding carboxylic acids is 2. The highest BCUT2D eigenvalue weighted by molar-refractivity contribution is 7.15. The summed E-state index contributed by atoms with van der Waals surface area (Å²) in [7, 11) is 0. The van der Waals surface area contributed by atoms with Crippen LogP contribution in [-0.2, 0) is 4.79 Å². The maximum Gasteiger partial charge on any atom is 0.348 e. The number of anilines is 1. The molecule has 0 bridgehead atoms. The van der Waals surface area contributed by atoms with E-state index in [0.29, 0.717) is 41.6 Å². The molecule has 1 N–H and O–H groups in total. The van der Waals surface area contributed by atoms with Crippen molar-refractivity contribution in [3.05, 3.63) is 45.9 Å². The van der Waals surface area contributed by atoms with Crippen LogP contribution in [0, 0.1) is 29.1 Å². The highest BCUT2D eigenvalue weighted by Gasteiger charge is 2.39. The van der Waals surface area contributed by atoms with Gasteiger partial charge in [0.15, 0.2) is 0 Å². The average molecular weight is 522 g/mol. The van der Waals surface area contributed by atoms with Gasteiger partial charge in [-0.15, -0.1) is 11.3 Å². The third kappa shape index (κ3) is 6.40. The van der Waals surface area contributed by atoms with Crippen LogP contribution >= 0.6 is 11.3 Å². The molecule has 1 atom stereocenters. The normalized spacial score (nSPS) is 21.7. The van der Waals surface area contributed by atoms with Crippen LogP contribution < -0.4 is 4.90 Å². The van der Waals surface area contributed by atoms with Crippen LogP contribution in [0.15, 0.2) is 30.6 Å². The molecular formula is C29H35N3O4S. The van der Waals surface area contributed by atoms with Crippen LogP contribution in [0.2, 0.25) is 0 Å². The van der Waals surface area contributed by atoms with Crippen molar-refractivity contribution in [2.75, 3.05) is 18.0 Å². The van der Waals surface area contributed by atoms with Gasteiger partial charge in [-0.2, -0.15) is 0 Å². The average Bonchev–Trinajstić information content (AvgIpc) is 3.51. The first-order valence-corrected chi connectivity index (χ1v) is 13.8. The summed E-state index contributed by atoms with van der Waals surface area (Å²) in [5, 5.41) is 10.1. The van der Waals surface area contributed by atoms with Crippen molar-refractivity contribution in [1.82, 2.24) is 9.88 Å². The van der Waals surface area contributed by atoms with Gasteiger partial charge in [0.05, 0.1) is 22.2 Å². The maximum atomic E-state index is 14.0. The highest BCUT2D eigenvalue weighted by Crippen LogP contribution is 2.38. The largest absolute Gasteiger partial charge is 0.477 e. The molecule has 37 heavy (non-hydrogen) atoms. The third-order valence-corrected chi connectivity index (χ3v) is 8.08. The van der Waals surface area contributed by atoms with Gasteiger partial charge in [-0.25, -0.2) is 4.79 Å². The van der Waals surface area contributed by atoms with Gasteiger partial charge in [-0.05, 0) is 77.0 Å². The van der Waals surface area contributed by atoms with Crippen molar-refractivity contribution in [2.24, 2.45) is 17.3 Å². The zero-order chi connectivity index (χ0) is 26.7. The molecule has 2 aromatic heterocycles. The van der Waals surface area contributed by atoms with Gasteiger partial charge in [-0.3, -0.25) is 14.6 Å². The SMILES string of the molecule is CC1CCC(C(=O)N(c2cc(C#CC(C)(C)C)sc2C(=O)O)C2CCN(C(=O)c3cccnc3)C2)CC1. The third-order valence-electron chi connectivity index (χ3n) is 7.05. The fraction of sp³-hybridized carbons (Fsp3) is 0.517. The summed E-state index contributed by atoms with van der Waals surface area (Å²) in [5.41, 5.74) is 0.671. The molecule has 7 nitrogen and oxygen atoms in total. The number of thiophene rings is 1. The molecule has 1 saturated heterocycles. The van der Waals surface area contributed by atoms with Gasteiger partial charge in [0, 0.05) is 36.8 Å². The van der Waals surface area contributed by atoms with Crippen LogP contribution in [0.4, 0.5) is 5.69 Å². The number of aromatic carboxylic acids is 1. The van der Waals surface area contributed by atoms with E-state index in [2.05, 4.69) is 23.7 Å². The Bertz CT molecular complexity index is 1210. The monoisotopic (exact) mass is 521 g/mol. The number of hydrogen-bond acceptors (Lipinski definition) is 5. The summed E-state index contributed by atoms with van der Waals surface area (Å²) < 4.78 is 0. The van der Waals surface area contributed by atoms with E-state index in [1.165, 1.54) is 0 Å². The molecule has 1 saturated carbocycles. The molecule has 2 aliphatic rings. The van der Waals surface area contributed by atoms with Gasteiger partial charge in [-0.1, -0.05) is 18.8 Å². The summed E-state index contributed by atoms with van der Waals surface area (Å²) in [6.45, 7) is 9.04. The molecule has 1 unspecified atom stereocenters. The van der Waals surface area contributed by atoms with Crippen LogP contribution in [0.3, 0.4) is 0 Å². The predicted octanol–water partition coefficient (Wildman–Crippen LogP) is 5.31. The van der Waals surface area contributed by atoms with Crippen LogP contribution in [0.25, 0.3) is 0 Å². The number of aromatic nitrogens is 1. The van der Waals surface area contributed by atoms with Gasteiger partial charge in [0.1, 0.15) is 4.88 Å². The quantitative estimate of drug-likeness (QED) is 0.538. The van der Waals surface area contributed by atoms with E-state index in [1.54, 1.807) is 40.4 Å². The lowest BCUT2D eigenvalue weighted by Crippen LogP contribution is -2.46. The summed E-state index contributed by atoms with van der Waals surface area (Å²) in [4.78, 5) is 47.6. The fourth-order valence-corrected chi connectivity index (χ4v) is 5.87. The van der Waals surface area contributed by atoms with Crippen molar-refractivity contribution >= 4 is 34.8 Å². The summed E-state index contributed by atoms with van der Waals surface area (Å²) in [5.74, 6) is 5.49.